The van der Waals surface area contributed by atoms with Crippen molar-refractivity contribution in [1.29, 1.82) is 0 Å². The zero-order chi connectivity index (χ0) is 18.1. The summed E-state index contributed by atoms with van der Waals surface area (Å²) in [5.74, 6) is -0.444. The third-order valence-corrected chi connectivity index (χ3v) is 5.16. The Hall–Kier alpha value is -2.60. The van der Waals surface area contributed by atoms with Gasteiger partial charge in [0.25, 0.3) is 5.56 Å². The number of carbonyl (C=O) groups excluding carboxylic acids is 1. The molecule has 0 saturated heterocycles. The summed E-state index contributed by atoms with van der Waals surface area (Å²) in [6, 6.07) is 13.1. The van der Waals surface area contributed by atoms with E-state index in [0.717, 1.165) is 16.8 Å². The molecule has 25 heavy (non-hydrogen) atoms. The summed E-state index contributed by atoms with van der Waals surface area (Å²) in [6.45, 7) is 5.62. The molecule has 0 fully saturated rings. The molecule has 0 bridgehead atoms. The lowest BCUT2D eigenvalue weighted by Crippen LogP contribution is -2.27. The van der Waals surface area contributed by atoms with Gasteiger partial charge < -0.3 is 5.73 Å². The van der Waals surface area contributed by atoms with E-state index in [1.807, 2.05) is 44.2 Å². The van der Waals surface area contributed by atoms with E-state index in [4.69, 9.17) is 5.73 Å². The van der Waals surface area contributed by atoms with Gasteiger partial charge in [-0.15, -0.1) is 0 Å². The molecule has 0 aliphatic rings. The number of rotatable bonds is 4. The third-order valence-electron chi connectivity index (χ3n) is 4.09. The molecule has 0 unspecified atom stereocenters. The quantitative estimate of drug-likeness (QED) is 0.578. The number of fused-ring (bicyclic) bond motifs is 1. The largest absolute Gasteiger partial charge is 0.369 e. The Morgan fingerprint density at radius 1 is 1.12 bits per heavy atom. The van der Waals surface area contributed by atoms with E-state index in [1.165, 1.54) is 11.8 Å². The van der Waals surface area contributed by atoms with Gasteiger partial charge in [0.1, 0.15) is 0 Å². The van der Waals surface area contributed by atoms with Crippen LogP contribution in [0.3, 0.4) is 0 Å². The number of benzene rings is 2. The van der Waals surface area contributed by atoms with Crippen LogP contribution < -0.4 is 11.3 Å². The summed E-state index contributed by atoms with van der Waals surface area (Å²) < 4.78 is 1.59. The molecule has 1 atom stereocenters. The molecular formula is C19H19N3O2S. The molecule has 2 N–H and O–H groups in total. The lowest BCUT2D eigenvalue weighted by molar-refractivity contribution is -0.117. The Bertz CT molecular complexity index is 1010. The van der Waals surface area contributed by atoms with E-state index >= 15 is 0 Å². The van der Waals surface area contributed by atoms with Gasteiger partial charge in [-0.05, 0) is 44.0 Å². The van der Waals surface area contributed by atoms with Gasteiger partial charge in [-0.3, -0.25) is 14.2 Å². The number of nitrogens with two attached hydrogens (primary N) is 1. The topological polar surface area (TPSA) is 78.0 Å². The van der Waals surface area contributed by atoms with Crippen LogP contribution in [-0.2, 0) is 4.79 Å². The SMILES string of the molecule is Cc1cccc(C)c1-n1c(S[C@H](C)C(N)=O)nc2ccccc2c1=O. The molecule has 0 aliphatic heterocycles. The smallest absolute Gasteiger partial charge is 0.266 e. The molecule has 1 aromatic heterocycles. The number of hydrogen-bond donors (Lipinski definition) is 1. The van der Waals surface area contributed by atoms with E-state index in [9.17, 15) is 9.59 Å². The first-order valence-electron chi connectivity index (χ1n) is 7.94. The van der Waals surface area contributed by atoms with E-state index in [0.29, 0.717) is 16.1 Å². The van der Waals surface area contributed by atoms with Gasteiger partial charge in [0, 0.05) is 0 Å². The maximum absolute atomic E-state index is 13.2. The van der Waals surface area contributed by atoms with Crippen molar-refractivity contribution in [2.24, 2.45) is 5.73 Å². The molecule has 5 nitrogen and oxygen atoms in total. The number of amides is 1. The zero-order valence-corrected chi connectivity index (χ0v) is 15.1. The number of nitrogens with zero attached hydrogens (tertiary/aromatic N) is 2. The van der Waals surface area contributed by atoms with E-state index in [2.05, 4.69) is 4.98 Å². The van der Waals surface area contributed by atoms with Crippen LogP contribution in [0.2, 0.25) is 0 Å². The predicted molar refractivity (Wildman–Crippen MR) is 101 cm³/mol. The minimum Gasteiger partial charge on any atom is -0.369 e. The molecular weight excluding hydrogens is 334 g/mol. The van der Waals surface area contributed by atoms with Crippen molar-refractivity contribution in [2.75, 3.05) is 0 Å². The minimum absolute atomic E-state index is 0.151. The van der Waals surface area contributed by atoms with Crippen molar-refractivity contribution >= 4 is 28.6 Å². The molecule has 0 radical (unpaired) electrons. The maximum atomic E-state index is 13.2. The number of aromatic nitrogens is 2. The van der Waals surface area contributed by atoms with Crippen molar-refractivity contribution in [1.82, 2.24) is 9.55 Å². The number of carbonyl (C=O) groups is 1. The molecule has 0 aliphatic carbocycles. The minimum atomic E-state index is -0.497. The highest BCUT2D eigenvalue weighted by molar-refractivity contribution is 8.00. The first-order valence-corrected chi connectivity index (χ1v) is 8.82. The second kappa shape index (κ2) is 6.72. The van der Waals surface area contributed by atoms with Gasteiger partial charge in [-0.2, -0.15) is 0 Å². The van der Waals surface area contributed by atoms with Crippen LogP contribution in [0.25, 0.3) is 16.6 Å². The van der Waals surface area contributed by atoms with Crippen LogP contribution in [0.4, 0.5) is 0 Å². The monoisotopic (exact) mass is 353 g/mol. The standard InChI is InChI=1S/C19H19N3O2S/c1-11-7-6-8-12(2)16(11)22-18(24)14-9-4-5-10-15(14)21-19(22)25-13(3)17(20)23/h4-10,13H,1-3H3,(H2,20,23)/t13-/m1/s1. The van der Waals surface area contributed by atoms with Crippen molar-refractivity contribution in [2.45, 2.75) is 31.2 Å². The van der Waals surface area contributed by atoms with Gasteiger partial charge in [0.15, 0.2) is 5.16 Å². The van der Waals surface area contributed by atoms with Gasteiger partial charge in [0.2, 0.25) is 5.91 Å². The fraction of sp³-hybridized carbons (Fsp3) is 0.211. The number of aryl methyl sites for hydroxylation is 2. The normalized spacial score (nSPS) is 12.3. The summed E-state index contributed by atoms with van der Waals surface area (Å²) in [5, 5.41) is 0.511. The number of hydrogen-bond acceptors (Lipinski definition) is 4. The van der Waals surface area contributed by atoms with Crippen molar-refractivity contribution in [3.63, 3.8) is 0 Å². The van der Waals surface area contributed by atoms with Crippen LogP contribution in [-0.4, -0.2) is 20.7 Å². The number of primary amides is 1. The second-order valence-electron chi connectivity index (χ2n) is 5.95. The Kier molecular flexibility index (Phi) is 4.63. The van der Waals surface area contributed by atoms with Crippen LogP contribution in [0.15, 0.2) is 52.4 Å². The average Bonchev–Trinajstić information content (AvgIpc) is 2.57. The van der Waals surface area contributed by atoms with Gasteiger partial charge >= 0.3 is 0 Å². The van der Waals surface area contributed by atoms with Gasteiger partial charge in [0.05, 0.1) is 21.8 Å². The first-order chi connectivity index (χ1) is 11.9. The van der Waals surface area contributed by atoms with Crippen molar-refractivity contribution in [3.8, 4) is 5.69 Å². The lowest BCUT2D eigenvalue weighted by Gasteiger charge is -2.18. The van der Waals surface area contributed by atoms with Crippen LogP contribution in [0.1, 0.15) is 18.1 Å². The summed E-state index contributed by atoms with van der Waals surface area (Å²) in [6.07, 6.45) is 0. The Morgan fingerprint density at radius 3 is 2.40 bits per heavy atom. The van der Waals surface area contributed by atoms with Crippen LogP contribution in [0, 0.1) is 13.8 Å². The highest BCUT2D eigenvalue weighted by Gasteiger charge is 2.20. The highest BCUT2D eigenvalue weighted by Crippen LogP contribution is 2.27. The molecule has 3 aromatic rings. The molecule has 1 amide bonds. The Morgan fingerprint density at radius 2 is 1.76 bits per heavy atom. The molecule has 1 heterocycles. The van der Waals surface area contributed by atoms with Crippen molar-refractivity contribution < 1.29 is 4.79 Å². The summed E-state index contributed by atoms with van der Waals surface area (Å²) in [4.78, 5) is 29.4. The highest BCUT2D eigenvalue weighted by atomic mass is 32.2. The molecule has 0 spiro atoms. The summed E-state index contributed by atoms with van der Waals surface area (Å²) in [5.41, 5.74) is 8.59. The van der Waals surface area contributed by atoms with E-state index < -0.39 is 11.2 Å². The maximum Gasteiger partial charge on any atom is 0.266 e. The fourth-order valence-corrected chi connectivity index (χ4v) is 3.63. The van der Waals surface area contributed by atoms with Crippen LogP contribution >= 0.6 is 11.8 Å². The third kappa shape index (κ3) is 3.17. The summed E-state index contributed by atoms with van der Waals surface area (Å²) in [7, 11) is 0. The molecule has 6 heteroatoms. The van der Waals surface area contributed by atoms with Gasteiger partial charge in [-0.1, -0.05) is 42.1 Å². The van der Waals surface area contributed by atoms with Gasteiger partial charge in [-0.25, -0.2) is 4.98 Å². The fourth-order valence-electron chi connectivity index (χ4n) is 2.76. The molecule has 2 aromatic carbocycles. The van der Waals surface area contributed by atoms with Crippen molar-refractivity contribution in [3.05, 3.63) is 63.9 Å². The second-order valence-corrected chi connectivity index (χ2v) is 7.26. The van der Waals surface area contributed by atoms with Crippen LogP contribution in [0.5, 0.6) is 0 Å². The zero-order valence-electron chi connectivity index (χ0n) is 14.3. The van der Waals surface area contributed by atoms with E-state index in [1.54, 1.807) is 23.6 Å². The first kappa shape index (κ1) is 17.2. The molecule has 3 rings (SSSR count). The predicted octanol–water partition coefficient (Wildman–Crippen LogP) is 2.97. The summed E-state index contributed by atoms with van der Waals surface area (Å²) >= 11 is 1.20. The Balaban J connectivity index is 2.37. The number of thioether (sulfide) groups is 1. The average molecular weight is 353 g/mol. The number of para-hydroxylation sites is 2. The molecule has 128 valence electrons. The molecule has 0 saturated carbocycles. The Labute approximate surface area is 149 Å². The van der Waals surface area contributed by atoms with E-state index in [-0.39, 0.29) is 5.56 Å². The lowest BCUT2D eigenvalue weighted by atomic mass is 10.1.